The van der Waals surface area contributed by atoms with E-state index in [9.17, 15) is 14.4 Å². The van der Waals surface area contributed by atoms with E-state index in [0.717, 1.165) is 5.69 Å². The first kappa shape index (κ1) is 22.2. The van der Waals surface area contributed by atoms with E-state index in [0.29, 0.717) is 17.9 Å². The van der Waals surface area contributed by atoms with Crippen LogP contribution >= 0.6 is 0 Å². The Balaban J connectivity index is 1.89. The molecule has 164 valence electrons. The first-order valence-corrected chi connectivity index (χ1v) is 9.73. The molecule has 10 nitrogen and oxygen atoms in total. The molecule has 0 spiro atoms. The summed E-state index contributed by atoms with van der Waals surface area (Å²) in [6.07, 6.45) is 2.74. The molecule has 0 aliphatic rings. The maximum Gasteiger partial charge on any atom is 0.356 e. The predicted octanol–water partition coefficient (Wildman–Crippen LogP) is 3.40. The van der Waals surface area contributed by atoms with Crippen LogP contribution in [0.15, 0.2) is 60.9 Å². The third-order valence-electron chi connectivity index (χ3n) is 4.19. The van der Waals surface area contributed by atoms with Crippen LogP contribution in [-0.4, -0.2) is 41.5 Å². The van der Waals surface area contributed by atoms with E-state index in [1.54, 1.807) is 19.1 Å². The van der Waals surface area contributed by atoms with Crippen LogP contribution < -0.4 is 21.3 Å². The molecule has 1 aromatic carbocycles. The normalized spacial score (nSPS) is 10.1. The number of benzene rings is 1. The first-order chi connectivity index (χ1) is 15.5. The third-order valence-corrected chi connectivity index (χ3v) is 4.19. The number of esters is 1. The monoisotopic (exact) mass is 434 g/mol. The van der Waals surface area contributed by atoms with E-state index in [1.807, 2.05) is 30.3 Å². The molecule has 0 radical (unpaired) electrons. The van der Waals surface area contributed by atoms with Crippen molar-refractivity contribution in [1.82, 2.24) is 15.3 Å². The number of aromatic nitrogens is 2. The van der Waals surface area contributed by atoms with E-state index < -0.39 is 17.9 Å². The lowest BCUT2D eigenvalue weighted by molar-refractivity contribution is 0.0594. The number of pyridine rings is 2. The summed E-state index contributed by atoms with van der Waals surface area (Å²) in [5.41, 5.74) is 1.83. The van der Waals surface area contributed by atoms with Gasteiger partial charge in [0.15, 0.2) is 0 Å². The molecule has 0 bridgehead atoms. The number of amides is 3. The SMILES string of the molecule is CCNC(=O)Nc1cc(Nc2ccccc2)c(C(=O)Nc2ccnc(C(=O)OC)c2)cn1. The fraction of sp³-hybridized carbons (Fsp3) is 0.136. The Bertz CT molecular complexity index is 1120. The van der Waals surface area contributed by atoms with E-state index in [1.165, 1.54) is 25.6 Å². The quantitative estimate of drug-likeness (QED) is 0.419. The number of nitrogens with one attached hydrogen (secondary N) is 4. The van der Waals surface area contributed by atoms with Gasteiger partial charge in [-0.25, -0.2) is 19.6 Å². The van der Waals surface area contributed by atoms with Gasteiger partial charge in [0.05, 0.1) is 18.4 Å². The lowest BCUT2D eigenvalue weighted by Gasteiger charge is -2.14. The van der Waals surface area contributed by atoms with Crippen LogP contribution in [0.3, 0.4) is 0 Å². The second-order valence-corrected chi connectivity index (χ2v) is 6.47. The molecule has 0 saturated heterocycles. The van der Waals surface area contributed by atoms with Crippen LogP contribution in [0.2, 0.25) is 0 Å². The maximum atomic E-state index is 13.0. The molecule has 0 fully saturated rings. The summed E-state index contributed by atoms with van der Waals surface area (Å²) in [7, 11) is 1.25. The number of rotatable bonds is 7. The van der Waals surface area contributed by atoms with Crippen LogP contribution in [0.5, 0.6) is 0 Å². The lowest BCUT2D eigenvalue weighted by atomic mass is 10.2. The predicted molar refractivity (Wildman–Crippen MR) is 120 cm³/mol. The topological polar surface area (TPSA) is 134 Å². The number of carbonyl (C=O) groups is 3. The number of anilines is 4. The zero-order chi connectivity index (χ0) is 22.9. The summed E-state index contributed by atoms with van der Waals surface area (Å²) in [5.74, 6) is -0.819. The molecule has 0 unspecified atom stereocenters. The Labute approximate surface area is 184 Å². The number of carbonyl (C=O) groups excluding carboxylic acids is 3. The van der Waals surface area contributed by atoms with Gasteiger partial charge in [0.25, 0.3) is 5.91 Å². The van der Waals surface area contributed by atoms with Crippen molar-refractivity contribution in [1.29, 1.82) is 0 Å². The Hall–Kier alpha value is -4.47. The third kappa shape index (κ3) is 5.79. The Morgan fingerprint density at radius 2 is 1.75 bits per heavy atom. The fourth-order valence-corrected chi connectivity index (χ4v) is 2.73. The number of para-hydroxylation sites is 1. The van der Waals surface area contributed by atoms with Crippen molar-refractivity contribution in [3.05, 3.63) is 72.2 Å². The molecule has 3 amide bonds. The van der Waals surface area contributed by atoms with Gasteiger partial charge in [0.2, 0.25) is 0 Å². The van der Waals surface area contributed by atoms with Gasteiger partial charge in [-0.15, -0.1) is 0 Å². The summed E-state index contributed by atoms with van der Waals surface area (Å²) in [4.78, 5) is 44.6. The smallest absolute Gasteiger partial charge is 0.356 e. The van der Waals surface area contributed by atoms with Crippen molar-refractivity contribution in [2.45, 2.75) is 6.92 Å². The highest BCUT2D eigenvalue weighted by Gasteiger charge is 2.16. The van der Waals surface area contributed by atoms with Crippen molar-refractivity contribution < 1.29 is 19.1 Å². The zero-order valence-electron chi connectivity index (χ0n) is 17.5. The largest absolute Gasteiger partial charge is 0.464 e. The van der Waals surface area contributed by atoms with Gasteiger partial charge >= 0.3 is 12.0 Å². The Kier molecular flexibility index (Phi) is 7.31. The molecular formula is C22H22N6O4. The molecular weight excluding hydrogens is 412 g/mol. The minimum Gasteiger partial charge on any atom is -0.464 e. The molecule has 0 atom stereocenters. The molecule has 2 heterocycles. The Morgan fingerprint density at radius 3 is 2.47 bits per heavy atom. The number of hydrogen-bond acceptors (Lipinski definition) is 7. The van der Waals surface area contributed by atoms with Crippen molar-refractivity contribution in [3.8, 4) is 0 Å². The van der Waals surface area contributed by atoms with Gasteiger partial charge in [0, 0.05) is 36.4 Å². The Morgan fingerprint density at radius 1 is 0.969 bits per heavy atom. The molecule has 4 N–H and O–H groups in total. The van der Waals surface area contributed by atoms with Crippen molar-refractivity contribution >= 4 is 40.8 Å². The second-order valence-electron chi connectivity index (χ2n) is 6.47. The molecule has 0 aliphatic carbocycles. The minimum absolute atomic E-state index is 0.0625. The van der Waals surface area contributed by atoms with Gasteiger partial charge in [0.1, 0.15) is 11.5 Å². The summed E-state index contributed by atoms with van der Waals surface area (Å²) < 4.78 is 4.65. The van der Waals surface area contributed by atoms with Crippen molar-refractivity contribution in [2.75, 3.05) is 29.6 Å². The van der Waals surface area contributed by atoms with E-state index in [-0.39, 0.29) is 17.1 Å². The summed E-state index contributed by atoms with van der Waals surface area (Å²) in [6, 6.07) is 13.4. The highest BCUT2D eigenvalue weighted by atomic mass is 16.5. The second kappa shape index (κ2) is 10.5. The number of ether oxygens (including phenoxy) is 1. The molecule has 3 rings (SSSR count). The molecule has 2 aromatic heterocycles. The van der Waals surface area contributed by atoms with Crippen LogP contribution in [0.1, 0.15) is 27.8 Å². The molecule has 10 heteroatoms. The van der Waals surface area contributed by atoms with Gasteiger partial charge in [-0.3, -0.25) is 10.1 Å². The zero-order valence-corrected chi connectivity index (χ0v) is 17.5. The summed E-state index contributed by atoms with van der Waals surface area (Å²) in [6.45, 7) is 2.26. The summed E-state index contributed by atoms with van der Waals surface area (Å²) >= 11 is 0. The molecule has 32 heavy (non-hydrogen) atoms. The van der Waals surface area contributed by atoms with E-state index >= 15 is 0 Å². The molecule has 0 aliphatic heterocycles. The van der Waals surface area contributed by atoms with Gasteiger partial charge in [-0.1, -0.05) is 18.2 Å². The lowest BCUT2D eigenvalue weighted by Crippen LogP contribution is -2.28. The molecule has 3 aromatic rings. The molecule has 0 saturated carbocycles. The number of hydrogen-bond donors (Lipinski definition) is 4. The minimum atomic E-state index is -0.616. The maximum absolute atomic E-state index is 13.0. The van der Waals surface area contributed by atoms with Gasteiger partial charge in [-0.05, 0) is 31.2 Å². The number of nitrogens with zero attached hydrogens (tertiary/aromatic N) is 2. The van der Waals surface area contributed by atoms with Crippen LogP contribution in [0.25, 0.3) is 0 Å². The number of urea groups is 1. The highest BCUT2D eigenvalue weighted by molar-refractivity contribution is 6.09. The van der Waals surface area contributed by atoms with Crippen molar-refractivity contribution in [3.63, 3.8) is 0 Å². The van der Waals surface area contributed by atoms with Gasteiger partial charge < -0.3 is 20.7 Å². The van der Waals surface area contributed by atoms with Crippen LogP contribution in [0.4, 0.5) is 27.7 Å². The van der Waals surface area contributed by atoms with Crippen LogP contribution in [-0.2, 0) is 4.74 Å². The highest BCUT2D eigenvalue weighted by Crippen LogP contribution is 2.24. The average molecular weight is 434 g/mol. The number of methoxy groups -OCH3 is 1. The first-order valence-electron chi connectivity index (χ1n) is 9.73. The fourth-order valence-electron chi connectivity index (χ4n) is 2.73. The van der Waals surface area contributed by atoms with Crippen LogP contribution in [0, 0.1) is 0 Å². The average Bonchev–Trinajstić information content (AvgIpc) is 2.79. The van der Waals surface area contributed by atoms with E-state index in [4.69, 9.17) is 0 Å². The van der Waals surface area contributed by atoms with Crippen molar-refractivity contribution in [2.24, 2.45) is 0 Å². The standard InChI is InChI=1S/C22H22N6O4/c1-3-23-22(31)28-19-12-17(26-14-7-5-4-6-8-14)16(13-25-19)20(29)27-15-9-10-24-18(11-15)21(30)32-2/h4-13H,3H2,1-2H3,(H,24,27,29)(H3,23,25,26,28,31). The summed E-state index contributed by atoms with van der Waals surface area (Å²) in [5, 5.41) is 11.1. The van der Waals surface area contributed by atoms with Gasteiger partial charge in [-0.2, -0.15) is 0 Å². The van der Waals surface area contributed by atoms with E-state index in [2.05, 4.69) is 36.0 Å².